The summed E-state index contributed by atoms with van der Waals surface area (Å²) in [5, 5.41) is 0. The summed E-state index contributed by atoms with van der Waals surface area (Å²) in [6.45, 7) is 8.56. The quantitative estimate of drug-likeness (QED) is 0.783. The molecular weight excluding hydrogens is 276 g/mol. The SMILES string of the molecule is CN1C=CN(CCOC(=O)Cc2ccc(C(C)(C)C)cc2)C1. The number of rotatable bonds is 5. The standard InChI is InChI=1S/C18H26N2O2/c1-18(2,3)16-7-5-15(6-8-16)13-17(21)22-12-11-20-10-9-19(4)14-20/h5-10H,11-14H2,1-4H3. The summed E-state index contributed by atoms with van der Waals surface area (Å²) in [4.78, 5) is 16.1. The molecule has 0 amide bonds. The maximum Gasteiger partial charge on any atom is 0.310 e. The minimum Gasteiger partial charge on any atom is -0.464 e. The number of esters is 1. The molecule has 0 bridgehead atoms. The van der Waals surface area contributed by atoms with Crippen LogP contribution in [0.15, 0.2) is 36.7 Å². The van der Waals surface area contributed by atoms with Gasteiger partial charge in [0.05, 0.1) is 19.6 Å². The molecule has 22 heavy (non-hydrogen) atoms. The molecule has 1 aromatic carbocycles. The number of ether oxygens (including phenoxy) is 1. The van der Waals surface area contributed by atoms with Crippen LogP contribution in [0.5, 0.6) is 0 Å². The highest BCUT2D eigenvalue weighted by Crippen LogP contribution is 2.22. The van der Waals surface area contributed by atoms with E-state index >= 15 is 0 Å². The van der Waals surface area contributed by atoms with Gasteiger partial charge in [0.2, 0.25) is 0 Å². The second-order valence-electron chi connectivity index (χ2n) is 6.85. The summed E-state index contributed by atoms with van der Waals surface area (Å²) in [7, 11) is 2.02. The van der Waals surface area contributed by atoms with Crippen LogP contribution in [0.1, 0.15) is 31.9 Å². The number of hydrogen-bond acceptors (Lipinski definition) is 4. The number of benzene rings is 1. The normalized spacial score (nSPS) is 14.5. The number of carbonyl (C=O) groups excluding carboxylic acids is 1. The highest BCUT2D eigenvalue weighted by atomic mass is 16.5. The number of hydrogen-bond donors (Lipinski definition) is 0. The Balaban J connectivity index is 1.74. The molecule has 0 N–H and O–H groups in total. The molecule has 4 heteroatoms. The van der Waals surface area contributed by atoms with Crippen molar-refractivity contribution in [3.63, 3.8) is 0 Å². The van der Waals surface area contributed by atoms with Crippen LogP contribution in [-0.4, -0.2) is 42.6 Å². The Morgan fingerprint density at radius 3 is 2.41 bits per heavy atom. The van der Waals surface area contributed by atoms with Crippen LogP contribution in [0, 0.1) is 0 Å². The molecule has 0 saturated heterocycles. The molecule has 0 unspecified atom stereocenters. The van der Waals surface area contributed by atoms with Crippen molar-refractivity contribution in [3.05, 3.63) is 47.8 Å². The molecule has 0 fully saturated rings. The van der Waals surface area contributed by atoms with Crippen molar-refractivity contribution in [2.24, 2.45) is 0 Å². The fourth-order valence-corrected chi connectivity index (χ4v) is 2.35. The van der Waals surface area contributed by atoms with Gasteiger partial charge in [-0.1, -0.05) is 45.0 Å². The third-order valence-corrected chi connectivity index (χ3v) is 3.75. The topological polar surface area (TPSA) is 32.8 Å². The maximum absolute atomic E-state index is 11.9. The Bertz CT molecular complexity index is 529. The summed E-state index contributed by atoms with van der Waals surface area (Å²) in [6, 6.07) is 8.21. The van der Waals surface area contributed by atoms with Gasteiger partial charge in [-0.25, -0.2) is 0 Å². The first-order valence-corrected chi connectivity index (χ1v) is 7.72. The van der Waals surface area contributed by atoms with E-state index in [-0.39, 0.29) is 11.4 Å². The highest BCUT2D eigenvalue weighted by molar-refractivity contribution is 5.72. The lowest BCUT2D eigenvalue weighted by Gasteiger charge is -2.19. The van der Waals surface area contributed by atoms with E-state index in [4.69, 9.17) is 4.74 Å². The van der Waals surface area contributed by atoms with Crippen LogP contribution in [0.4, 0.5) is 0 Å². The Kier molecular flexibility index (Phi) is 5.11. The fraction of sp³-hybridized carbons (Fsp3) is 0.500. The minimum atomic E-state index is -0.167. The Morgan fingerprint density at radius 1 is 1.18 bits per heavy atom. The van der Waals surface area contributed by atoms with E-state index in [9.17, 15) is 4.79 Å². The average Bonchev–Trinajstić information content (AvgIpc) is 2.84. The van der Waals surface area contributed by atoms with E-state index in [1.54, 1.807) is 0 Å². The van der Waals surface area contributed by atoms with E-state index in [1.165, 1.54) is 5.56 Å². The lowest BCUT2D eigenvalue weighted by molar-refractivity contribution is -0.143. The van der Waals surface area contributed by atoms with Crippen molar-refractivity contribution in [2.75, 3.05) is 26.9 Å². The first kappa shape index (κ1) is 16.4. The molecule has 0 saturated carbocycles. The zero-order valence-electron chi connectivity index (χ0n) is 14.0. The van der Waals surface area contributed by atoms with Gasteiger partial charge in [-0.2, -0.15) is 0 Å². The summed E-state index contributed by atoms with van der Waals surface area (Å²) in [6.07, 6.45) is 4.36. The fourth-order valence-electron chi connectivity index (χ4n) is 2.35. The molecule has 0 spiro atoms. The van der Waals surface area contributed by atoms with Gasteiger partial charge in [-0.15, -0.1) is 0 Å². The molecule has 1 aliphatic heterocycles. The van der Waals surface area contributed by atoms with Crippen molar-refractivity contribution in [3.8, 4) is 0 Å². The van der Waals surface area contributed by atoms with Crippen molar-refractivity contribution in [2.45, 2.75) is 32.6 Å². The summed E-state index contributed by atoms with van der Waals surface area (Å²) >= 11 is 0. The first-order chi connectivity index (χ1) is 10.3. The predicted octanol–water partition coefficient (Wildman–Crippen LogP) is 2.75. The van der Waals surface area contributed by atoms with Gasteiger partial charge in [-0.05, 0) is 16.5 Å². The molecule has 2 rings (SSSR count). The molecule has 0 radical (unpaired) electrons. The van der Waals surface area contributed by atoms with E-state index in [1.807, 2.05) is 31.6 Å². The number of carbonyl (C=O) groups is 1. The molecule has 1 aliphatic rings. The molecule has 0 aliphatic carbocycles. The van der Waals surface area contributed by atoms with Crippen LogP contribution in [0.2, 0.25) is 0 Å². The van der Waals surface area contributed by atoms with Gasteiger partial charge in [0.15, 0.2) is 0 Å². The lowest BCUT2D eigenvalue weighted by atomic mass is 9.86. The van der Waals surface area contributed by atoms with Crippen molar-refractivity contribution < 1.29 is 9.53 Å². The van der Waals surface area contributed by atoms with E-state index in [2.05, 4.69) is 42.7 Å². The van der Waals surface area contributed by atoms with Gasteiger partial charge in [-0.3, -0.25) is 4.79 Å². The van der Waals surface area contributed by atoms with Crippen LogP contribution >= 0.6 is 0 Å². The summed E-state index contributed by atoms with van der Waals surface area (Å²) < 4.78 is 5.31. The molecule has 4 nitrogen and oxygen atoms in total. The largest absolute Gasteiger partial charge is 0.464 e. The Hall–Kier alpha value is -1.97. The van der Waals surface area contributed by atoms with Crippen LogP contribution in [-0.2, 0) is 21.4 Å². The van der Waals surface area contributed by atoms with Crippen molar-refractivity contribution in [1.29, 1.82) is 0 Å². The first-order valence-electron chi connectivity index (χ1n) is 7.72. The Morgan fingerprint density at radius 2 is 1.86 bits per heavy atom. The molecule has 1 heterocycles. The lowest BCUT2D eigenvalue weighted by Crippen LogP contribution is -2.26. The second-order valence-corrected chi connectivity index (χ2v) is 6.85. The predicted molar refractivity (Wildman–Crippen MR) is 88.3 cm³/mol. The van der Waals surface area contributed by atoms with Crippen LogP contribution in [0.3, 0.4) is 0 Å². The third-order valence-electron chi connectivity index (χ3n) is 3.75. The summed E-state index contributed by atoms with van der Waals surface area (Å²) in [5.74, 6) is -0.167. The van der Waals surface area contributed by atoms with Crippen LogP contribution in [0.25, 0.3) is 0 Å². The van der Waals surface area contributed by atoms with E-state index in [0.29, 0.717) is 13.0 Å². The minimum absolute atomic E-state index is 0.134. The van der Waals surface area contributed by atoms with Gasteiger partial charge in [0.25, 0.3) is 0 Å². The average molecular weight is 302 g/mol. The number of nitrogens with zero attached hydrogens (tertiary/aromatic N) is 2. The third kappa shape index (κ3) is 4.79. The highest BCUT2D eigenvalue weighted by Gasteiger charge is 2.14. The van der Waals surface area contributed by atoms with Crippen molar-refractivity contribution >= 4 is 5.97 Å². The molecule has 1 aromatic rings. The zero-order chi connectivity index (χ0) is 16.2. The second kappa shape index (κ2) is 6.86. The monoisotopic (exact) mass is 302 g/mol. The van der Waals surface area contributed by atoms with Crippen LogP contribution < -0.4 is 0 Å². The Labute approximate surface area is 133 Å². The molecule has 0 atom stereocenters. The molecular formula is C18H26N2O2. The van der Waals surface area contributed by atoms with Gasteiger partial charge < -0.3 is 14.5 Å². The van der Waals surface area contributed by atoms with E-state index < -0.39 is 0 Å². The maximum atomic E-state index is 11.9. The van der Waals surface area contributed by atoms with Gasteiger partial charge in [0.1, 0.15) is 6.61 Å². The molecule has 120 valence electrons. The molecule has 0 aromatic heterocycles. The zero-order valence-corrected chi connectivity index (χ0v) is 14.0. The smallest absolute Gasteiger partial charge is 0.310 e. The summed E-state index contributed by atoms with van der Waals surface area (Å²) in [5.41, 5.74) is 2.41. The van der Waals surface area contributed by atoms with E-state index in [0.717, 1.165) is 18.8 Å². The van der Waals surface area contributed by atoms with Crippen molar-refractivity contribution in [1.82, 2.24) is 9.80 Å². The van der Waals surface area contributed by atoms with Gasteiger partial charge in [0, 0.05) is 19.4 Å². The van der Waals surface area contributed by atoms with Gasteiger partial charge >= 0.3 is 5.97 Å².